The van der Waals surface area contributed by atoms with E-state index < -0.39 is 22.1 Å². The van der Waals surface area contributed by atoms with Crippen LogP contribution in [0.4, 0.5) is 0 Å². The average Bonchev–Trinajstić information content (AvgIpc) is 3.03. The van der Waals surface area contributed by atoms with Crippen LogP contribution in [0, 0.1) is 12.3 Å². The lowest BCUT2D eigenvalue weighted by Gasteiger charge is -2.16. The fraction of sp³-hybridized carbons (Fsp3) is 0.588. The lowest BCUT2D eigenvalue weighted by molar-refractivity contribution is -0.128. The maximum atomic E-state index is 11.8. The van der Waals surface area contributed by atoms with Crippen molar-refractivity contribution in [3.8, 4) is 0 Å². The second kappa shape index (κ2) is 8.85. The first-order valence-electron chi connectivity index (χ1n) is 7.75. The fourth-order valence-corrected chi connectivity index (χ4v) is 3.67. The number of hydrogen-bond acceptors (Lipinski definition) is 4. The summed E-state index contributed by atoms with van der Waals surface area (Å²) in [6.45, 7) is 6.59. The lowest BCUT2D eigenvalue weighted by atomic mass is 9.91. The number of thiol groups is 1. The van der Waals surface area contributed by atoms with E-state index >= 15 is 0 Å². The molecule has 1 aliphatic rings. The first-order chi connectivity index (χ1) is 10.6. The third-order valence-corrected chi connectivity index (χ3v) is 5.92. The molecule has 0 radical (unpaired) electrons. The Hall–Kier alpha value is -0.850. The van der Waals surface area contributed by atoms with Crippen molar-refractivity contribution in [3.05, 3.63) is 29.8 Å². The van der Waals surface area contributed by atoms with Crippen molar-refractivity contribution in [2.45, 2.75) is 45.4 Å². The third-order valence-electron chi connectivity index (χ3n) is 3.37. The van der Waals surface area contributed by atoms with Gasteiger partial charge in [0.2, 0.25) is 0 Å². The maximum absolute atomic E-state index is 11.8. The van der Waals surface area contributed by atoms with Crippen molar-refractivity contribution in [1.29, 1.82) is 0 Å². The molecule has 0 atom stereocenters. The standard InChI is InChI=1S/C13H18O4S.C4H8S/c1-10-5-7-11(8-6-10)18(15,16)17-9-12(14)13(2,3)4;1-2-4-5-3-1/h5-8H,9H2,1-4H3;1-4H2/p+1. The highest BCUT2D eigenvalue weighted by molar-refractivity contribution is 7.86. The van der Waals surface area contributed by atoms with E-state index in [0.29, 0.717) is 0 Å². The molecule has 2 rings (SSSR count). The van der Waals surface area contributed by atoms with Crippen LogP contribution >= 0.6 is 0 Å². The molecule has 4 nitrogen and oxygen atoms in total. The summed E-state index contributed by atoms with van der Waals surface area (Å²) in [4.78, 5) is 11.7. The van der Waals surface area contributed by atoms with Gasteiger partial charge in [-0.05, 0) is 43.7 Å². The third kappa shape index (κ3) is 7.50. The molecule has 0 bridgehead atoms. The molecule has 6 heteroatoms. The van der Waals surface area contributed by atoms with Crippen LogP contribution in [0.5, 0.6) is 0 Å². The molecule has 23 heavy (non-hydrogen) atoms. The Labute approximate surface area is 144 Å². The summed E-state index contributed by atoms with van der Waals surface area (Å²) in [5.41, 5.74) is 0.350. The predicted octanol–water partition coefficient (Wildman–Crippen LogP) is 2.91. The highest BCUT2D eigenvalue weighted by Gasteiger charge is 2.24. The zero-order chi connectivity index (χ0) is 17.5. The number of carbonyl (C=O) groups is 1. The number of Topliss-reactive ketones (excluding diaryl/α,β-unsaturated/α-hetero) is 1. The number of benzene rings is 1. The Balaban J connectivity index is 0.000000446. The molecule has 0 unspecified atom stereocenters. The molecule has 0 spiro atoms. The maximum Gasteiger partial charge on any atom is 0.297 e. The summed E-state index contributed by atoms with van der Waals surface area (Å²) < 4.78 is 28.4. The van der Waals surface area contributed by atoms with Gasteiger partial charge in [-0.2, -0.15) is 8.42 Å². The SMILES string of the molecule is C1CC[SH+]C1.Cc1ccc(S(=O)(=O)OCC(=O)C(C)(C)C)cc1. The minimum atomic E-state index is -3.85. The van der Waals surface area contributed by atoms with Crippen LogP contribution in [-0.4, -0.2) is 32.3 Å². The quantitative estimate of drug-likeness (QED) is 0.471. The number of carbonyl (C=O) groups excluding carboxylic acids is 1. The molecular weight excluding hydrogens is 332 g/mol. The van der Waals surface area contributed by atoms with Crippen molar-refractivity contribution in [3.63, 3.8) is 0 Å². The van der Waals surface area contributed by atoms with Crippen LogP contribution in [0.25, 0.3) is 0 Å². The zero-order valence-corrected chi connectivity index (χ0v) is 16.0. The zero-order valence-electron chi connectivity index (χ0n) is 14.3. The van der Waals surface area contributed by atoms with Crippen LogP contribution in [0.2, 0.25) is 0 Å². The molecule has 1 saturated heterocycles. The monoisotopic (exact) mass is 359 g/mol. The fourth-order valence-electron chi connectivity index (χ4n) is 1.68. The van der Waals surface area contributed by atoms with Gasteiger partial charge in [0.15, 0.2) is 5.78 Å². The molecule has 1 aromatic rings. The van der Waals surface area contributed by atoms with Gasteiger partial charge in [-0.3, -0.25) is 8.98 Å². The first-order valence-corrected chi connectivity index (χ1v) is 10.4. The van der Waals surface area contributed by atoms with Gasteiger partial charge >= 0.3 is 0 Å². The minimum absolute atomic E-state index is 0.0646. The van der Waals surface area contributed by atoms with Gasteiger partial charge in [-0.25, -0.2) is 0 Å². The van der Waals surface area contributed by atoms with Crippen molar-refractivity contribution in [2.24, 2.45) is 5.41 Å². The molecule has 1 aliphatic heterocycles. The second-order valence-corrected chi connectivity index (χ2v) is 9.54. The van der Waals surface area contributed by atoms with Gasteiger partial charge in [0, 0.05) is 5.41 Å². The van der Waals surface area contributed by atoms with Crippen LogP contribution in [0.3, 0.4) is 0 Å². The van der Waals surface area contributed by atoms with E-state index in [0.717, 1.165) is 5.56 Å². The van der Waals surface area contributed by atoms with Crippen LogP contribution in [-0.2, 0) is 30.9 Å². The molecule has 130 valence electrons. The van der Waals surface area contributed by atoms with Gasteiger partial charge in [0.1, 0.15) is 18.1 Å². The van der Waals surface area contributed by atoms with Crippen molar-refractivity contribution in [1.82, 2.24) is 0 Å². The van der Waals surface area contributed by atoms with Crippen molar-refractivity contribution in [2.75, 3.05) is 18.1 Å². The van der Waals surface area contributed by atoms with E-state index in [-0.39, 0.29) is 10.7 Å². The van der Waals surface area contributed by atoms with E-state index in [1.165, 1.54) is 36.5 Å². The Morgan fingerprint density at radius 3 is 2.04 bits per heavy atom. The molecular formula is C17H27O4S2+. The van der Waals surface area contributed by atoms with Crippen LogP contribution in [0.1, 0.15) is 39.2 Å². The van der Waals surface area contributed by atoms with Gasteiger partial charge in [-0.1, -0.05) is 38.5 Å². The second-order valence-electron chi connectivity index (χ2n) is 6.58. The topological polar surface area (TPSA) is 60.4 Å². The smallest absolute Gasteiger partial charge is 0.296 e. The Kier molecular flexibility index (Phi) is 7.77. The van der Waals surface area contributed by atoms with Gasteiger partial charge in [-0.15, -0.1) is 0 Å². The summed E-state index contributed by atoms with van der Waals surface area (Å²) >= 11 is 1.69. The predicted molar refractivity (Wildman–Crippen MR) is 96.5 cm³/mol. The summed E-state index contributed by atoms with van der Waals surface area (Å²) in [6.07, 6.45) is 2.98. The molecule has 0 saturated carbocycles. The summed E-state index contributed by atoms with van der Waals surface area (Å²) in [5.74, 6) is 2.69. The Morgan fingerprint density at radius 2 is 1.65 bits per heavy atom. The van der Waals surface area contributed by atoms with E-state index in [1.54, 1.807) is 44.7 Å². The average molecular weight is 360 g/mol. The van der Waals surface area contributed by atoms with Gasteiger partial charge in [0.25, 0.3) is 10.1 Å². The van der Waals surface area contributed by atoms with E-state index in [1.807, 2.05) is 6.92 Å². The molecule has 1 aromatic carbocycles. The van der Waals surface area contributed by atoms with Crippen molar-refractivity contribution < 1.29 is 17.4 Å². The number of hydrogen-bond donors (Lipinski definition) is 0. The Morgan fingerprint density at radius 1 is 1.13 bits per heavy atom. The van der Waals surface area contributed by atoms with Crippen LogP contribution in [0.15, 0.2) is 29.2 Å². The Bertz CT molecular complexity index is 587. The molecule has 0 amide bonds. The highest BCUT2D eigenvalue weighted by Crippen LogP contribution is 2.17. The summed E-state index contributed by atoms with van der Waals surface area (Å²) in [7, 11) is -3.85. The largest absolute Gasteiger partial charge is 0.297 e. The van der Waals surface area contributed by atoms with Gasteiger partial charge < -0.3 is 0 Å². The number of ketones is 1. The number of aryl methyl sites for hydroxylation is 1. The molecule has 0 aromatic heterocycles. The van der Waals surface area contributed by atoms with Crippen molar-refractivity contribution >= 4 is 27.7 Å². The van der Waals surface area contributed by atoms with E-state index in [4.69, 9.17) is 4.18 Å². The lowest BCUT2D eigenvalue weighted by Crippen LogP contribution is -2.26. The minimum Gasteiger partial charge on any atom is -0.296 e. The number of rotatable bonds is 4. The highest BCUT2D eigenvalue weighted by atomic mass is 32.2. The first kappa shape index (κ1) is 20.2. The van der Waals surface area contributed by atoms with E-state index in [2.05, 4.69) is 0 Å². The molecule has 1 heterocycles. The normalized spacial score (nSPS) is 15.0. The van der Waals surface area contributed by atoms with Crippen LogP contribution < -0.4 is 0 Å². The summed E-state index contributed by atoms with van der Waals surface area (Å²) in [6, 6.07) is 6.29. The molecule has 1 fully saturated rings. The molecule has 0 N–H and O–H groups in total. The van der Waals surface area contributed by atoms with Gasteiger partial charge in [0.05, 0.1) is 4.90 Å². The molecule has 0 aliphatic carbocycles. The van der Waals surface area contributed by atoms with E-state index in [9.17, 15) is 13.2 Å². The summed E-state index contributed by atoms with van der Waals surface area (Å²) in [5, 5.41) is 0.